The zero-order valence-corrected chi connectivity index (χ0v) is 33.3. The summed E-state index contributed by atoms with van der Waals surface area (Å²) in [6, 6.07) is 6.26. The van der Waals surface area contributed by atoms with E-state index in [1.54, 1.807) is 58.9 Å². The van der Waals surface area contributed by atoms with E-state index in [4.69, 9.17) is 23.7 Å². The van der Waals surface area contributed by atoms with E-state index >= 15 is 0 Å². The Morgan fingerprint density at radius 3 is 2.23 bits per heavy atom. The lowest BCUT2D eigenvalue weighted by molar-refractivity contribution is -0.301. The summed E-state index contributed by atoms with van der Waals surface area (Å²) >= 11 is 0. The Balaban J connectivity index is 2.11. The first kappa shape index (κ1) is 44.5. The van der Waals surface area contributed by atoms with E-state index < -0.39 is 83.7 Å². The van der Waals surface area contributed by atoms with E-state index in [2.05, 4.69) is 5.32 Å². The monoisotopic (exact) mass is 752 g/mol. The molecule has 5 N–H and O–H groups in total. The van der Waals surface area contributed by atoms with Gasteiger partial charge in [0.15, 0.2) is 6.29 Å². The Morgan fingerprint density at radius 1 is 1.04 bits per heavy atom. The second-order valence-electron chi connectivity index (χ2n) is 15.8. The molecule has 0 radical (unpaired) electrons. The smallest absolute Gasteiger partial charge is 0.407 e. The summed E-state index contributed by atoms with van der Waals surface area (Å²) < 4.78 is 31.0. The number of phenolic OH excluding ortho intramolecular Hbond substituents is 1. The molecule has 0 aromatic heterocycles. The summed E-state index contributed by atoms with van der Waals surface area (Å²) in [6.07, 6.45) is -7.26. The molecular weight excluding hydrogens is 688 g/mol. The van der Waals surface area contributed by atoms with Gasteiger partial charge >= 0.3 is 12.1 Å². The van der Waals surface area contributed by atoms with Crippen LogP contribution >= 0.6 is 0 Å². The van der Waals surface area contributed by atoms with Gasteiger partial charge < -0.3 is 54.3 Å². The van der Waals surface area contributed by atoms with Gasteiger partial charge in [0.1, 0.15) is 35.4 Å². The predicted molar refractivity (Wildman–Crippen MR) is 196 cm³/mol. The van der Waals surface area contributed by atoms with Crippen molar-refractivity contribution >= 4 is 17.8 Å². The number of benzene rings is 1. The number of cyclic esters (lactones) is 1. The Kier molecular flexibility index (Phi) is 15.7. The highest BCUT2D eigenvalue weighted by atomic mass is 16.7. The average molecular weight is 753 g/mol. The highest BCUT2D eigenvalue weighted by Gasteiger charge is 2.53. The fraction of sp³-hybridized carbons (Fsp3) is 0.769. The zero-order valence-electron chi connectivity index (χ0n) is 33.3. The predicted octanol–water partition coefficient (Wildman–Crippen LogP) is 3.20. The van der Waals surface area contributed by atoms with Crippen LogP contribution in [0.5, 0.6) is 5.75 Å². The maximum atomic E-state index is 14.0. The summed E-state index contributed by atoms with van der Waals surface area (Å²) in [5, 5.41) is 46.8. The molecule has 0 bridgehead atoms. The van der Waals surface area contributed by atoms with E-state index in [-0.39, 0.29) is 43.1 Å². The molecular formula is C39H64N2O12. The summed E-state index contributed by atoms with van der Waals surface area (Å²) in [6.45, 7) is 13.3. The lowest BCUT2D eigenvalue weighted by atomic mass is 9.74. The van der Waals surface area contributed by atoms with Crippen molar-refractivity contribution < 1.29 is 58.5 Å². The number of ether oxygens (including phenoxy) is 5. The molecule has 302 valence electrons. The summed E-state index contributed by atoms with van der Waals surface area (Å²) in [5.74, 6) is -4.78. The largest absolute Gasteiger partial charge is 0.508 e. The molecule has 0 saturated carbocycles. The highest BCUT2D eigenvalue weighted by molar-refractivity contribution is 5.83. The van der Waals surface area contributed by atoms with Crippen LogP contribution in [-0.2, 0) is 39.7 Å². The maximum absolute atomic E-state index is 14.0. The van der Waals surface area contributed by atoms with Crippen molar-refractivity contribution in [3.63, 3.8) is 0 Å². The molecule has 1 aromatic carbocycles. The van der Waals surface area contributed by atoms with Crippen molar-refractivity contribution in [2.24, 2.45) is 23.7 Å². The van der Waals surface area contributed by atoms with Gasteiger partial charge in [0, 0.05) is 37.5 Å². The quantitative estimate of drug-likeness (QED) is 0.231. The lowest BCUT2D eigenvalue weighted by Gasteiger charge is -2.48. The fourth-order valence-electron chi connectivity index (χ4n) is 7.92. The molecule has 1 aromatic rings. The van der Waals surface area contributed by atoms with E-state index in [1.807, 2.05) is 25.9 Å². The first-order chi connectivity index (χ1) is 24.7. The van der Waals surface area contributed by atoms with Crippen LogP contribution in [0.4, 0.5) is 4.79 Å². The standard InChI is InChI=1S/C39H64N2O12/c1-12-29-39(8,48)33(45)23(4)30(43)21(2)20-38(7,49-11)34(53-36-31(44)28(41(9)10)19-22(3)50-36)24(5)32(25(6)35(46)51-29)52-37(47)40-18-17-26-13-15-27(42)16-14-26/h13-16,21-25,28-29,31-34,36,42,44-45,48H,12,17-20H2,1-11H3,(H,40,47)/t21-,22-,23+,24+,25-,28+,29-,31-,32+,33-,34-,36+,38-,39-/m1/s1. The number of nitrogens with one attached hydrogen (secondary N) is 1. The number of carbonyl (C=O) groups excluding carboxylic acids is 3. The van der Waals surface area contributed by atoms with Crippen LogP contribution in [-0.4, -0.2) is 131 Å². The molecule has 2 aliphatic heterocycles. The van der Waals surface area contributed by atoms with Gasteiger partial charge in [0.05, 0.1) is 29.8 Å². The molecule has 2 fully saturated rings. The second-order valence-corrected chi connectivity index (χ2v) is 15.8. The first-order valence-electron chi connectivity index (χ1n) is 18.8. The average Bonchev–Trinajstić information content (AvgIpc) is 3.11. The van der Waals surface area contributed by atoms with Gasteiger partial charge in [-0.15, -0.1) is 0 Å². The van der Waals surface area contributed by atoms with E-state index in [0.717, 1.165) is 5.56 Å². The number of Topliss-reactive ketones (excluding diaryl/α,β-unsaturated/α-hetero) is 1. The maximum Gasteiger partial charge on any atom is 0.407 e. The zero-order chi connectivity index (χ0) is 40.0. The van der Waals surface area contributed by atoms with Crippen molar-refractivity contribution in [1.82, 2.24) is 10.2 Å². The number of alkyl carbamates (subject to hydrolysis) is 1. The Morgan fingerprint density at radius 2 is 1.66 bits per heavy atom. The van der Waals surface area contributed by atoms with Gasteiger partial charge in [0.25, 0.3) is 0 Å². The third kappa shape index (κ3) is 10.7. The number of aliphatic hydroxyl groups excluding tert-OH is 2. The number of likely N-dealkylation sites (N-methyl/N-ethyl adjacent to an activating group) is 1. The number of amides is 1. The van der Waals surface area contributed by atoms with Gasteiger partial charge in [-0.1, -0.05) is 39.8 Å². The summed E-state index contributed by atoms with van der Waals surface area (Å²) in [7, 11) is 5.17. The van der Waals surface area contributed by atoms with Crippen molar-refractivity contribution in [2.45, 2.75) is 141 Å². The third-order valence-electron chi connectivity index (χ3n) is 11.3. The number of ketones is 1. The van der Waals surface area contributed by atoms with Crippen LogP contribution in [0, 0.1) is 23.7 Å². The van der Waals surface area contributed by atoms with Gasteiger partial charge in [-0.25, -0.2) is 4.79 Å². The van der Waals surface area contributed by atoms with Gasteiger partial charge in [-0.2, -0.15) is 0 Å². The molecule has 0 spiro atoms. The van der Waals surface area contributed by atoms with Crippen molar-refractivity contribution in [2.75, 3.05) is 27.7 Å². The van der Waals surface area contributed by atoms with Crippen LogP contribution in [0.2, 0.25) is 0 Å². The normalized spacial score (nSPS) is 39.2. The molecule has 14 heteroatoms. The topological polar surface area (TPSA) is 194 Å². The van der Waals surface area contributed by atoms with Gasteiger partial charge in [0.2, 0.25) is 0 Å². The summed E-state index contributed by atoms with van der Waals surface area (Å²) in [5.41, 5.74) is -2.44. The number of nitrogens with zero attached hydrogens (tertiary/aromatic N) is 1. The molecule has 0 unspecified atom stereocenters. The number of aliphatic hydroxyl groups is 3. The third-order valence-corrected chi connectivity index (χ3v) is 11.3. The second kappa shape index (κ2) is 18.7. The molecule has 2 aliphatic rings. The van der Waals surface area contributed by atoms with Gasteiger partial charge in [-0.05, 0) is 85.2 Å². The molecule has 3 rings (SSSR count). The highest BCUT2D eigenvalue weighted by Crippen LogP contribution is 2.40. The number of carbonyl (C=O) groups is 3. The molecule has 2 saturated heterocycles. The minimum Gasteiger partial charge on any atom is -0.508 e. The Bertz CT molecular complexity index is 1360. The van der Waals surface area contributed by atoms with E-state index in [9.17, 15) is 34.8 Å². The molecule has 1 amide bonds. The van der Waals surface area contributed by atoms with Crippen molar-refractivity contribution in [3.8, 4) is 5.75 Å². The number of phenols is 1. The van der Waals surface area contributed by atoms with E-state index in [0.29, 0.717) is 12.8 Å². The Hall–Kier alpha value is -2.85. The van der Waals surface area contributed by atoms with Gasteiger partial charge in [-0.3, -0.25) is 9.59 Å². The summed E-state index contributed by atoms with van der Waals surface area (Å²) in [4.78, 5) is 43.3. The molecule has 53 heavy (non-hydrogen) atoms. The SMILES string of the molecule is CC[C@H]1OC(=O)[C@H](C)[C@@H](OC(=O)NCCc2ccc(O)cc2)[C@H](C)[C@@H](O[C@@H]2O[C@H](C)C[C@H](N(C)C)[C@H]2O)[C@](C)(OC)C[C@@H](C)C(=O)[C@H](C)[C@@H](O)[C@]1(C)O. The first-order valence-corrected chi connectivity index (χ1v) is 18.8. The van der Waals surface area contributed by atoms with E-state index in [1.165, 1.54) is 21.0 Å². The van der Waals surface area contributed by atoms with Crippen LogP contribution in [0.25, 0.3) is 0 Å². The van der Waals surface area contributed by atoms with Crippen LogP contribution in [0.3, 0.4) is 0 Å². The van der Waals surface area contributed by atoms with Crippen LogP contribution in [0.1, 0.15) is 80.2 Å². The number of hydrogen-bond donors (Lipinski definition) is 5. The molecule has 0 aliphatic carbocycles. The lowest BCUT2D eigenvalue weighted by Crippen LogP contribution is -2.60. The minimum absolute atomic E-state index is 0.0631. The number of esters is 1. The number of aromatic hydroxyl groups is 1. The molecule has 14 atom stereocenters. The van der Waals surface area contributed by atoms with Crippen molar-refractivity contribution in [1.29, 1.82) is 0 Å². The molecule has 2 heterocycles. The number of rotatable bonds is 9. The van der Waals surface area contributed by atoms with Crippen LogP contribution < -0.4 is 5.32 Å². The fourth-order valence-corrected chi connectivity index (χ4v) is 7.92. The molecule has 14 nitrogen and oxygen atoms in total. The van der Waals surface area contributed by atoms with Crippen LogP contribution in [0.15, 0.2) is 24.3 Å². The number of methoxy groups -OCH3 is 1. The number of hydrogen-bond acceptors (Lipinski definition) is 13. The van der Waals surface area contributed by atoms with Crippen molar-refractivity contribution in [3.05, 3.63) is 29.8 Å². The Labute approximate surface area is 314 Å². The minimum atomic E-state index is -2.00.